The molecule has 0 N–H and O–H groups in total. The molecule has 3 rings (SSSR count). The third kappa shape index (κ3) is 1.98. The summed E-state index contributed by atoms with van der Waals surface area (Å²) >= 11 is 0. The molecule has 2 aromatic carbocycles. The number of benzene rings is 2. The van der Waals surface area contributed by atoms with Crippen molar-refractivity contribution in [3.63, 3.8) is 0 Å². The Morgan fingerprint density at radius 3 is 2.55 bits per heavy atom. The third-order valence-electron chi connectivity index (χ3n) is 3.68. The molecule has 3 aromatic rings. The van der Waals surface area contributed by atoms with Crippen LogP contribution in [0.1, 0.15) is 18.5 Å². The first-order chi connectivity index (χ1) is 9.70. The van der Waals surface area contributed by atoms with Crippen LogP contribution in [-0.4, -0.2) is 4.57 Å². The van der Waals surface area contributed by atoms with Crippen molar-refractivity contribution in [3.8, 4) is 17.2 Å². The number of rotatable bonds is 2. The number of fused-ring (bicyclic) bond motifs is 1. The Bertz CT molecular complexity index is 791. The molecular weight excluding hydrogens is 244 g/mol. The minimum absolute atomic E-state index is 0.169. The Morgan fingerprint density at radius 2 is 1.85 bits per heavy atom. The molecule has 0 aliphatic carbocycles. The highest BCUT2D eigenvalue weighted by molar-refractivity contribution is 5.96. The summed E-state index contributed by atoms with van der Waals surface area (Å²) in [5, 5.41) is 10.4. The van der Waals surface area contributed by atoms with Crippen LogP contribution in [0.15, 0.2) is 54.7 Å². The zero-order valence-electron chi connectivity index (χ0n) is 11.7. The summed E-state index contributed by atoms with van der Waals surface area (Å²) in [7, 11) is 0. The van der Waals surface area contributed by atoms with E-state index in [1.54, 1.807) is 0 Å². The van der Waals surface area contributed by atoms with Crippen molar-refractivity contribution in [2.75, 3.05) is 0 Å². The van der Waals surface area contributed by atoms with Gasteiger partial charge in [-0.25, -0.2) is 0 Å². The van der Waals surface area contributed by atoms with E-state index < -0.39 is 0 Å². The SMILES string of the molecule is Cc1ccc2c(c1)c(-c1ccccc1)cn2C(C)C#N. The fraction of sp³-hybridized carbons (Fsp3) is 0.167. The first kappa shape index (κ1) is 12.5. The molecule has 1 unspecified atom stereocenters. The minimum Gasteiger partial charge on any atom is -0.331 e. The monoisotopic (exact) mass is 260 g/mol. The maximum atomic E-state index is 9.21. The molecular formula is C18H16N2. The number of aromatic nitrogens is 1. The van der Waals surface area contributed by atoms with E-state index in [-0.39, 0.29) is 6.04 Å². The van der Waals surface area contributed by atoms with Crippen molar-refractivity contribution in [1.82, 2.24) is 4.57 Å². The van der Waals surface area contributed by atoms with Crippen molar-refractivity contribution in [3.05, 3.63) is 60.3 Å². The van der Waals surface area contributed by atoms with Crippen molar-refractivity contribution in [1.29, 1.82) is 5.26 Å². The van der Waals surface area contributed by atoms with Gasteiger partial charge in [0, 0.05) is 22.7 Å². The highest BCUT2D eigenvalue weighted by Gasteiger charge is 2.13. The van der Waals surface area contributed by atoms with Crippen LogP contribution < -0.4 is 0 Å². The van der Waals surface area contributed by atoms with E-state index in [0.29, 0.717) is 0 Å². The number of nitrogens with zero attached hydrogens (tertiary/aromatic N) is 2. The second-order valence-corrected chi connectivity index (χ2v) is 5.14. The normalized spacial score (nSPS) is 12.2. The van der Waals surface area contributed by atoms with Gasteiger partial charge in [0.05, 0.1) is 6.07 Å². The van der Waals surface area contributed by atoms with Gasteiger partial charge in [0.25, 0.3) is 0 Å². The summed E-state index contributed by atoms with van der Waals surface area (Å²) < 4.78 is 2.05. The summed E-state index contributed by atoms with van der Waals surface area (Å²) in [5.74, 6) is 0. The first-order valence-electron chi connectivity index (χ1n) is 6.77. The minimum atomic E-state index is -0.169. The lowest BCUT2D eigenvalue weighted by Gasteiger charge is -2.06. The van der Waals surface area contributed by atoms with Gasteiger partial charge in [0.15, 0.2) is 0 Å². The maximum absolute atomic E-state index is 9.21. The maximum Gasteiger partial charge on any atom is 0.118 e. The fourth-order valence-corrected chi connectivity index (χ4v) is 2.60. The van der Waals surface area contributed by atoms with Crippen LogP contribution in [-0.2, 0) is 0 Å². The Morgan fingerprint density at radius 1 is 1.10 bits per heavy atom. The van der Waals surface area contributed by atoms with Gasteiger partial charge in [0.1, 0.15) is 6.04 Å². The lowest BCUT2D eigenvalue weighted by atomic mass is 10.0. The number of hydrogen-bond acceptors (Lipinski definition) is 1. The molecule has 20 heavy (non-hydrogen) atoms. The third-order valence-corrected chi connectivity index (χ3v) is 3.68. The molecule has 2 nitrogen and oxygen atoms in total. The molecule has 1 aromatic heterocycles. The van der Waals surface area contributed by atoms with E-state index in [2.05, 4.69) is 54.1 Å². The van der Waals surface area contributed by atoms with Crippen molar-refractivity contribution < 1.29 is 0 Å². The van der Waals surface area contributed by atoms with Crippen LogP contribution in [0.25, 0.3) is 22.0 Å². The molecule has 0 saturated carbocycles. The smallest absolute Gasteiger partial charge is 0.118 e. The average Bonchev–Trinajstić information content (AvgIpc) is 2.86. The average molecular weight is 260 g/mol. The van der Waals surface area contributed by atoms with E-state index in [9.17, 15) is 5.26 Å². The quantitative estimate of drug-likeness (QED) is 0.656. The van der Waals surface area contributed by atoms with Crippen LogP contribution in [0.3, 0.4) is 0 Å². The molecule has 0 saturated heterocycles. The molecule has 0 aliphatic heterocycles. The molecule has 2 heteroatoms. The predicted octanol–water partition coefficient (Wildman–Crippen LogP) is 4.70. The molecule has 0 spiro atoms. The summed E-state index contributed by atoms with van der Waals surface area (Å²) in [6, 6.07) is 18.9. The standard InChI is InChI=1S/C18H16N2/c1-13-8-9-18-16(10-13)17(12-20(18)14(2)11-19)15-6-4-3-5-7-15/h3-10,12,14H,1-2H3. The molecule has 0 radical (unpaired) electrons. The largest absolute Gasteiger partial charge is 0.331 e. The lowest BCUT2D eigenvalue weighted by molar-refractivity contribution is 0.701. The summed E-state index contributed by atoms with van der Waals surface area (Å²) in [5.41, 5.74) is 4.72. The van der Waals surface area contributed by atoms with Crippen LogP contribution in [0, 0.1) is 18.3 Å². The first-order valence-corrected chi connectivity index (χ1v) is 6.77. The summed E-state index contributed by atoms with van der Waals surface area (Å²) in [6.07, 6.45) is 2.09. The van der Waals surface area contributed by atoms with Crippen molar-refractivity contribution in [2.45, 2.75) is 19.9 Å². The topological polar surface area (TPSA) is 28.7 Å². The number of aryl methyl sites for hydroxylation is 1. The molecule has 0 bridgehead atoms. The predicted molar refractivity (Wildman–Crippen MR) is 82.4 cm³/mol. The van der Waals surface area contributed by atoms with E-state index in [1.165, 1.54) is 22.1 Å². The highest BCUT2D eigenvalue weighted by Crippen LogP contribution is 2.32. The summed E-state index contributed by atoms with van der Waals surface area (Å²) in [4.78, 5) is 0. The number of hydrogen-bond donors (Lipinski definition) is 0. The molecule has 0 fully saturated rings. The second-order valence-electron chi connectivity index (χ2n) is 5.14. The Kier molecular flexibility index (Phi) is 3.04. The van der Waals surface area contributed by atoms with Crippen LogP contribution in [0.2, 0.25) is 0 Å². The van der Waals surface area contributed by atoms with Crippen LogP contribution in [0.4, 0.5) is 0 Å². The Labute approximate surface area is 118 Å². The van der Waals surface area contributed by atoms with E-state index in [0.717, 1.165) is 5.52 Å². The Hall–Kier alpha value is -2.53. The van der Waals surface area contributed by atoms with Crippen LogP contribution in [0.5, 0.6) is 0 Å². The lowest BCUT2D eigenvalue weighted by Crippen LogP contribution is -1.99. The Balaban J connectivity index is 2.33. The highest BCUT2D eigenvalue weighted by atomic mass is 15.0. The van der Waals surface area contributed by atoms with Gasteiger partial charge in [-0.3, -0.25) is 0 Å². The molecule has 1 atom stereocenters. The van der Waals surface area contributed by atoms with Crippen LogP contribution >= 0.6 is 0 Å². The molecule has 1 heterocycles. The number of nitriles is 1. The van der Waals surface area contributed by atoms with Gasteiger partial charge in [-0.2, -0.15) is 5.26 Å². The fourth-order valence-electron chi connectivity index (χ4n) is 2.60. The zero-order chi connectivity index (χ0) is 14.1. The second kappa shape index (κ2) is 4.86. The van der Waals surface area contributed by atoms with Gasteiger partial charge in [-0.05, 0) is 31.5 Å². The molecule has 0 aliphatic rings. The zero-order valence-corrected chi connectivity index (χ0v) is 11.7. The van der Waals surface area contributed by atoms with Gasteiger partial charge in [0.2, 0.25) is 0 Å². The van der Waals surface area contributed by atoms with Gasteiger partial charge in [-0.1, -0.05) is 42.0 Å². The van der Waals surface area contributed by atoms with Gasteiger partial charge in [-0.15, -0.1) is 0 Å². The van der Waals surface area contributed by atoms with E-state index >= 15 is 0 Å². The molecule has 98 valence electrons. The van der Waals surface area contributed by atoms with E-state index in [4.69, 9.17) is 0 Å². The van der Waals surface area contributed by atoms with Gasteiger partial charge >= 0.3 is 0 Å². The van der Waals surface area contributed by atoms with E-state index in [1.807, 2.05) is 25.1 Å². The van der Waals surface area contributed by atoms with Crippen molar-refractivity contribution in [2.24, 2.45) is 0 Å². The van der Waals surface area contributed by atoms with Gasteiger partial charge < -0.3 is 4.57 Å². The summed E-state index contributed by atoms with van der Waals surface area (Å²) in [6.45, 7) is 4.02. The molecule has 0 amide bonds. The van der Waals surface area contributed by atoms with Crippen molar-refractivity contribution >= 4 is 10.9 Å².